The van der Waals surface area contributed by atoms with Crippen molar-refractivity contribution in [1.82, 2.24) is 15.2 Å². The number of benzene rings is 2. The first-order valence-electron chi connectivity index (χ1n) is 8.34. The van der Waals surface area contributed by atoms with Crippen LogP contribution in [0.5, 0.6) is 23.0 Å². The third-order valence-corrected chi connectivity index (χ3v) is 3.88. The van der Waals surface area contributed by atoms with Crippen LogP contribution in [0.1, 0.15) is 0 Å². The van der Waals surface area contributed by atoms with Crippen molar-refractivity contribution in [2.24, 2.45) is 0 Å². The summed E-state index contributed by atoms with van der Waals surface area (Å²) in [6.07, 6.45) is 1.51. The number of methoxy groups -OCH3 is 4. The van der Waals surface area contributed by atoms with Gasteiger partial charge in [-0.05, 0) is 24.3 Å². The minimum absolute atomic E-state index is 0.301. The molecule has 0 unspecified atom stereocenters. The smallest absolute Gasteiger partial charge is 0.249 e. The van der Waals surface area contributed by atoms with Crippen molar-refractivity contribution >= 4 is 23.1 Å². The van der Waals surface area contributed by atoms with Crippen LogP contribution in [0.3, 0.4) is 0 Å². The van der Waals surface area contributed by atoms with Gasteiger partial charge in [-0.3, -0.25) is 0 Å². The van der Waals surface area contributed by atoms with E-state index >= 15 is 0 Å². The van der Waals surface area contributed by atoms with Crippen molar-refractivity contribution in [2.75, 3.05) is 39.1 Å². The number of anilines is 4. The van der Waals surface area contributed by atoms with Crippen LogP contribution in [0.25, 0.3) is 0 Å². The Morgan fingerprint density at radius 3 is 2.14 bits per heavy atom. The van der Waals surface area contributed by atoms with Crippen molar-refractivity contribution in [3.63, 3.8) is 0 Å². The number of hydrogen-bond acceptors (Lipinski definition) is 9. The molecule has 0 aliphatic heterocycles. The molecule has 3 aromatic rings. The predicted molar refractivity (Wildman–Crippen MR) is 105 cm³/mol. The van der Waals surface area contributed by atoms with E-state index in [1.807, 2.05) is 18.2 Å². The molecule has 0 saturated carbocycles. The minimum atomic E-state index is 0.301. The zero-order valence-electron chi connectivity index (χ0n) is 16.0. The van der Waals surface area contributed by atoms with E-state index in [2.05, 4.69) is 25.8 Å². The number of rotatable bonds is 8. The molecule has 0 atom stereocenters. The number of nitrogens with one attached hydrogen (secondary N) is 2. The van der Waals surface area contributed by atoms with Crippen LogP contribution in [-0.2, 0) is 0 Å². The zero-order chi connectivity index (χ0) is 19.9. The second kappa shape index (κ2) is 8.76. The Labute approximate surface area is 162 Å². The molecule has 0 aliphatic rings. The summed E-state index contributed by atoms with van der Waals surface area (Å²) < 4.78 is 21.2. The Hall–Kier alpha value is -3.75. The number of nitrogens with zero attached hydrogens (tertiary/aromatic N) is 3. The minimum Gasteiger partial charge on any atom is -0.497 e. The van der Waals surface area contributed by atoms with Gasteiger partial charge in [-0.2, -0.15) is 10.1 Å². The largest absolute Gasteiger partial charge is 0.497 e. The molecule has 9 heteroatoms. The fourth-order valence-electron chi connectivity index (χ4n) is 2.49. The van der Waals surface area contributed by atoms with E-state index in [9.17, 15) is 0 Å². The summed E-state index contributed by atoms with van der Waals surface area (Å²) in [7, 11) is 6.36. The van der Waals surface area contributed by atoms with Crippen molar-refractivity contribution in [3.8, 4) is 23.0 Å². The van der Waals surface area contributed by atoms with E-state index in [0.717, 1.165) is 0 Å². The molecule has 2 N–H and O–H groups in total. The monoisotopic (exact) mass is 383 g/mol. The molecular weight excluding hydrogens is 362 g/mol. The van der Waals surface area contributed by atoms with Crippen molar-refractivity contribution in [3.05, 3.63) is 42.6 Å². The molecular formula is C19H21N5O4. The molecule has 0 bridgehead atoms. The Morgan fingerprint density at radius 2 is 1.43 bits per heavy atom. The van der Waals surface area contributed by atoms with Gasteiger partial charge in [0.25, 0.3) is 0 Å². The highest BCUT2D eigenvalue weighted by molar-refractivity contribution is 5.68. The van der Waals surface area contributed by atoms with Crippen LogP contribution < -0.4 is 29.6 Å². The molecule has 0 amide bonds. The van der Waals surface area contributed by atoms with Crippen molar-refractivity contribution in [1.29, 1.82) is 0 Å². The summed E-state index contributed by atoms with van der Waals surface area (Å²) >= 11 is 0. The molecule has 3 rings (SSSR count). The molecule has 9 nitrogen and oxygen atoms in total. The second-order valence-electron chi connectivity index (χ2n) is 5.55. The van der Waals surface area contributed by atoms with E-state index in [-0.39, 0.29) is 0 Å². The van der Waals surface area contributed by atoms with Gasteiger partial charge in [0.1, 0.15) is 23.0 Å². The third-order valence-electron chi connectivity index (χ3n) is 3.88. The average molecular weight is 383 g/mol. The molecule has 0 saturated heterocycles. The van der Waals surface area contributed by atoms with Crippen LogP contribution in [0.4, 0.5) is 23.1 Å². The standard InChI is InChI=1S/C19H21N5O4/c1-25-12-6-8-16(27-3)15(9-12)21-18-11-20-24-19(23-18)22-14-7-5-13(26-2)10-17(14)28-4/h5-11H,1-4H3,(H2,21,22,23,24). The summed E-state index contributed by atoms with van der Waals surface area (Å²) in [5.41, 5.74) is 1.37. The fourth-order valence-corrected chi connectivity index (χ4v) is 2.49. The Bertz CT molecular complexity index is 951. The average Bonchev–Trinajstić information content (AvgIpc) is 2.74. The van der Waals surface area contributed by atoms with Crippen LogP contribution in [0, 0.1) is 0 Å². The van der Waals surface area contributed by atoms with Gasteiger partial charge in [0, 0.05) is 12.1 Å². The van der Waals surface area contributed by atoms with E-state index in [0.29, 0.717) is 46.1 Å². The normalized spacial score (nSPS) is 10.1. The highest BCUT2D eigenvalue weighted by Crippen LogP contribution is 2.32. The van der Waals surface area contributed by atoms with Gasteiger partial charge >= 0.3 is 0 Å². The van der Waals surface area contributed by atoms with Gasteiger partial charge in [0.05, 0.1) is 46.0 Å². The lowest BCUT2D eigenvalue weighted by atomic mass is 10.2. The van der Waals surface area contributed by atoms with Gasteiger partial charge in [0.15, 0.2) is 5.82 Å². The van der Waals surface area contributed by atoms with Gasteiger partial charge in [0.2, 0.25) is 5.95 Å². The van der Waals surface area contributed by atoms with E-state index in [1.54, 1.807) is 46.6 Å². The topological polar surface area (TPSA) is 99.7 Å². The van der Waals surface area contributed by atoms with Gasteiger partial charge in [-0.15, -0.1) is 5.10 Å². The zero-order valence-corrected chi connectivity index (χ0v) is 16.0. The SMILES string of the molecule is COc1ccc(OC)c(Nc2cnnc(Nc3ccc(OC)cc3OC)n2)c1. The lowest BCUT2D eigenvalue weighted by molar-refractivity contribution is 0.395. The summed E-state index contributed by atoms with van der Waals surface area (Å²) in [5.74, 6) is 3.39. The lowest BCUT2D eigenvalue weighted by Crippen LogP contribution is -2.04. The molecule has 28 heavy (non-hydrogen) atoms. The maximum Gasteiger partial charge on any atom is 0.249 e. The molecule has 0 radical (unpaired) electrons. The van der Waals surface area contributed by atoms with E-state index < -0.39 is 0 Å². The summed E-state index contributed by atoms with van der Waals surface area (Å²) in [4.78, 5) is 4.43. The maximum absolute atomic E-state index is 5.38. The van der Waals surface area contributed by atoms with E-state index in [1.165, 1.54) is 6.20 Å². The first-order chi connectivity index (χ1) is 13.7. The second-order valence-corrected chi connectivity index (χ2v) is 5.55. The Morgan fingerprint density at radius 1 is 0.714 bits per heavy atom. The summed E-state index contributed by atoms with van der Waals surface area (Å²) in [6, 6.07) is 10.8. The maximum atomic E-state index is 5.38. The van der Waals surface area contributed by atoms with Crippen LogP contribution >= 0.6 is 0 Å². The summed E-state index contributed by atoms with van der Waals surface area (Å²) in [5, 5.41) is 14.3. The quantitative estimate of drug-likeness (QED) is 0.606. The van der Waals surface area contributed by atoms with Gasteiger partial charge < -0.3 is 29.6 Å². The summed E-state index contributed by atoms with van der Waals surface area (Å²) in [6.45, 7) is 0. The van der Waals surface area contributed by atoms with Crippen molar-refractivity contribution in [2.45, 2.75) is 0 Å². The Kier molecular flexibility index (Phi) is 5.95. The molecule has 146 valence electrons. The van der Waals surface area contributed by atoms with Crippen LogP contribution in [0.15, 0.2) is 42.6 Å². The molecule has 0 fully saturated rings. The fraction of sp³-hybridized carbons (Fsp3) is 0.211. The first-order valence-corrected chi connectivity index (χ1v) is 8.34. The van der Waals surface area contributed by atoms with E-state index in [4.69, 9.17) is 18.9 Å². The highest BCUT2D eigenvalue weighted by Gasteiger charge is 2.10. The number of ether oxygens (including phenoxy) is 4. The number of hydrogen-bond donors (Lipinski definition) is 2. The number of aromatic nitrogens is 3. The highest BCUT2D eigenvalue weighted by atomic mass is 16.5. The third kappa shape index (κ3) is 4.32. The molecule has 1 aromatic heterocycles. The lowest BCUT2D eigenvalue weighted by Gasteiger charge is -2.13. The molecule has 0 aliphatic carbocycles. The molecule has 0 spiro atoms. The molecule has 2 aromatic carbocycles. The Balaban J connectivity index is 1.84. The molecule has 1 heterocycles. The van der Waals surface area contributed by atoms with Crippen molar-refractivity contribution < 1.29 is 18.9 Å². The first kappa shape index (κ1) is 19.0. The van der Waals surface area contributed by atoms with Crippen LogP contribution in [-0.4, -0.2) is 43.6 Å². The van der Waals surface area contributed by atoms with Crippen LogP contribution in [0.2, 0.25) is 0 Å². The van der Waals surface area contributed by atoms with Gasteiger partial charge in [-0.25, -0.2) is 0 Å². The predicted octanol–water partition coefficient (Wildman–Crippen LogP) is 3.39. The van der Waals surface area contributed by atoms with Gasteiger partial charge in [-0.1, -0.05) is 0 Å².